The standard InChI is InChI=1S/C20H23N3O2.C12H10/c1-20(2,3)18(24)19(23-14-21-13-22-23)25-17-11-9-16(10-12-17)15-7-5-4-6-8-15;1-3-7-11(8-4-1)12-9-5-2-6-10-12/h4-14,18-19,24H,1-3H3;1-10H. The molecule has 0 radical (unpaired) electrons. The molecule has 1 heterocycles. The summed E-state index contributed by atoms with van der Waals surface area (Å²) in [6, 6.07) is 38.8. The molecular formula is C32H33N3O2. The number of benzene rings is 4. The number of rotatable bonds is 6. The molecule has 1 aromatic heterocycles. The van der Waals surface area contributed by atoms with Crippen LogP contribution in [-0.2, 0) is 0 Å². The highest BCUT2D eigenvalue weighted by Crippen LogP contribution is 2.31. The van der Waals surface area contributed by atoms with Gasteiger partial charge >= 0.3 is 0 Å². The first-order chi connectivity index (χ1) is 17.9. The summed E-state index contributed by atoms with van der Waals surface area (Å²) in [6.07, 6.45) is 1.59. The molecule has 0 amide bonds. The summed E-state index contributed by atoms with van der Waals surface area (Å²) in [5, 5.41) is 14.8. The monoisotopic (exact) mass is 491 g/mol. The molecule has 0 saturated carbocycles. The number of hydrogen-bond acceptors (Lipinski definition) is 4. The highest BCUT2D eigenvalue weighted by molar-refractivity contribution is 5.64. The van der Waals surface area contributed by atoms with Crippen LogP contribution in [0.5, 0.6) is 5.75 Å². The second kappa shape index (κ2) is 12.2. The Kier molecular flexibility index (Phi) is 8.49. The van der Waals surface area contributed by atoms with Gasteiger partial charge in [-0.25, -0.2) is 9.67 Å². The molecule has 37 heavy (non-hydrogen) atoms. The van der Waals surface area contributed by atoms with Crippen molar-refractivity contribution in [3.05, 3.63) is 128 Å². The van der Waals surface area contributed by atoms with Crippen molar-refractivity contribution in [2.75, 3.05) is 0 Å². The van der Waals surface area contributed by atoms with Crippen molar-refractivity contribution in [1.29, 1.82) is 0 Å². The first kappa shape index (κ1) is 25.9. The molecule has 0 fully saturated rings. The summed E-state index contributed by atoms with van der Waals surface area (Å²) < 4.78 is 7.59. The van der Waals surface area contributed by atoms with Gasteiger partial charge in [-0.05, 0) is 39.8 Å². The fourth-order valence-electron chi connectivity index (χ4n) is 3.80. The Morgan fingerprint density at radius 3 is 1.46 bits per heavy atom. The summed E-state index contributed by atoms with van der Waals surface area (Å²) >= 11 is 0. The maximum Gasteiger partial charge on any atom is 0.219 e. The van der Waals surface area contributed by atoms with E-state index in [1.165, 1.54) is 17.5 Å². The molecule has 0 saturated heterocycles. The maximum atomic E-state index is 10.7. The average Bonchev–Trinajstić information content (AvgIpc) is 3.48. The van der Waals surface area contributed by atoms with Crippen LogP contribution in [0.1, 0.15) is 27.0 Å². The molecule has 1 N–H and O–H groups in total. The van der Waals surface area contributed by atoms with E-state index in [0.29, 0.717) is 5.75 Å². The molecule has 0 aliphatic heterocycles. The van der Waals surface area contributed by atoms with Gasteiger partial charge in [-0.1, -0.05) is 124 Å². The Morgan fingerprint density at radius 1 is 0.649 bits per heavy atom. The Morgan fingerprint density at radius 2 is 1.08 bits per heavy atom. The van der Waals surface area contributed by atoms with Gasteiger partial charge in [0.25, 0.3) is 0 Å². The molecule has 4 aromatic carbocycles. The van der Waals surface area contributed by atoms with Gasteiger partial charge in [0.05, 0.1) is 0 Å². The predicted octanol–water partition coefficient (Wildman–Crippen LogP) is 7.28. The van der Waals surface area contributed by atoms with Crippen molar-refractivity contribution < 1.29 is 9.84 Å². The lowest BCUT2D eigenvalue weighted by Crippen LogP contribution is -2.38. The number of aliphatic hydroxyl groups is 1. The first-order valence-electron chi connectivity index (χ1n) is 12.4. The molecule has 2 atom stereocenters. The van der Waals surface area contributed by atoms with E-state index in [1.54, 1.807) is 11.0 Å². The summed E-state index contributed by atoms with van der Waals surface area (Å²) in [5.74, 6) is 0.670. The van der Waals surface area contributed by atoms with Crippen LogP contribution in [0.25, 0.3) is 22.3 Å². The number of aromatic nitrogens is 3. The van der Waals surface area contributed by atoms with Gasteiger partial charge in [-0.15, -0.1) is 0 Å². The fourth-order valence-corrected chi connectivity index (χ4v) is 3.80. The SMILES string of the molecule is CC(C)(C)C(O)C(Oc1ccc(-c2ccccc2)cc1)n1cncn1.c1ccc(-c2ccccc2)cc1. The molecule has 0 spiro atoms. The number of nitrogens with zero attached hydrogens (tertiary/aromatic N) is 3. The third kappa shape index (κ3) is 7.15. The van der Waals surface area contributed by atoms with Crippen molar-refractivity contribution in [3.63, 3.8) is 0 Å². The van der Waals surface area contributed by atoms with Gasteiger partial charge in [-0.3, -0.25) is 0 Å². The Hall–Kier alpha value is -4.22. The van der Waals surface area contributed by atoms with E-state index in [1.807, 2.05) is 75.4 Å². The zero-order valence-electron chi connectivity index (χ0n) is 21.5. The second-order valence-corrected chi connectivity index (χ2v) is 9.82. The molecule has 0 bridgehead atoms. The molecule has 5 heteroatoms. The predicted molar refractivity (Wildman–Crippen MR) is 149 cm³/mol. The smallest absolute Gasteiger partial charge is 0.219 e. The quantitative estimate of drug-likeness (QED) is 0.271. The zero-order chi connectivity index (χ0) is 26.1. The van der Waals surface area contributed by atoms with Crippen molar-refractivity contribution in [3.8, 4) is 28.0 Å². The van der Waals surface area contributed by atoms with E-state index in [2.05, 4.69) is 70.7 Å². The number of ether oxygens (including phenoxy) is 1. The normalized spacial score (nSPS) is 12.6. The number of aliphatic hydroxyl groups excluding tert-OH is 1. The zero-order valence-corrected chi connectivity index (χ0v) is 21.5. The third-order valence-electron chi connectivity index (χ3n) is 5.95. The lowest BCUT2D eigenvalue weighted by molar-refractivity contribution is -0.0731. The van der Waals surface area contributed by atoms with Crippen molar-refractivity contribution in [2.24, 2.45) is 5.41 Å². The van der Waals surface area contributed by atoms with E-state index in [0.717, 1.165) is 11.1 Å². The highest BCUT2D eigenvalue weighted by atomic mass is 16.5. The third-order valence-corrected chi connectivity index (χ3v) is 5.95. The molecule has 0 aliphatic carbocycles. The Balaban J connectivity index is 0.000000222. The lowest BCUT2D eigenvalue weighted by Gasteiger charge is -2.32. The lowest BCUT2D eigenvalue weighted by atomic mass is 9.88. The van der Waals surface area contributed by atoms with E-state index in [4.69, 9.17) is 4.74 Å². The summed E-state index contributed by atoms with van der Waals surface area (Å²) in [5.41, 5.74) is 4.45. The largest absolute Gasteiger partial charge is 0.466 e. The Bertz CT molecular complexity index is 1280. The van der Waals surface area contributed by atoms with E-state index < -0.39 is 12.3 Å². The van der Waals surface area contributed by atoms with Crippen LogP contribution < -0.4 is 4.74 Å². The Labute approximate surface area is 219 Å². The first-order valence-corrected chi connectivity index (χ1v) is 12.4. The van der Waals surface area contributed by atoms with Gasteiger partial charge in [0, 0.05) is 0 Å². The van der Waals surface area contributed by atoms with Crippen molar-refractivity contribution in [2.45, 2.75) is 33.1 Å². The molecule has 2 unspecified atom stereocenters. The molecule has 188 valence electrons. The fraction of sp³-hybridized carbons (Fsp3) is 0.188. The molecule has 0 aliphatic rings. The molecule has 5 aromatic rings. The van der Waals surface area contributed by atoms with Gasteiger partial charge < -0.3 is 9.84 Å². The van der Waals surface area contributed by atoms with Crippen LogP contribution in [0.2, 0.25) is 0 Å². The van der Waals surface area contributed by atoms with Crippen LogP contribution in [0, 0.1) is 5.41 Å². The van der Waals surface area contributed by atoms with Gasteiger partial charge in [0.15, 0.2) is 0 Å². The van der Waals surface area contributed by atoms with Crippen molar-refractivity contribution in [1.82, 2.24) is 14.8 Å². The molecular weight excluding hydrogens is 458 g/mol. The summed E-state index contributed by atoms with van der Waals surface area (Å²) in [7, 11) is 0. The maximum absolute atomic E-state index is 10.7. The van der Waals surface area contributed by atoms with E-state index in [9.17, 15) is 5.11 Å². The van der Waals surface area contributed by atoms with Gasteiger partial charge in [0.2, 0.25) is 6.23 Å². The minimum absolute atomic E-state index is 0.361. The summed E-state index contributed by atoms with van der Waals surface area (Å²) in [6.45, 7) is 5.89. The van der Waals surface area contributed by atoms with Gasteiger partial charge in [-0.2, -0.15) is 5.10 Å². The minimum atomic E-state index is -0.747. The van der Waals surface area contributed by atoms with Crippen LogP contribution in [0.3, 0.4) is 0 Å². The van der Waals surface area contributed by atoms with Crippen LogP contribution in [0.4, 0.5) is 0 Å². The van der Waals surface area contributed by atoms with Crippen LogP contribution in [0.15, 0.2) is 128 Å². The number of hydrogen-bond donors (Lipinski definition) is 1. The van der Waals surface area contributed by atoms with Crippen LogP contribution in [-0.4, -0.2) is 26.0 Å². The van der Waals surface area contributed by atoms with E-state index in [-0.39, 0.29) is 5.41 Å². The van der Waals surface area contributed by atoms with Crippen LogP contribution >= 0.6 is 0 Å². The van der Waals surface area contributed by atoms with Gasteiger partial charge in [0.1, 0.15) is 24.5 Å². The highest BCUT2D eigenvalue weighted by Gasteiger charge is 2.34. The van der Waals surface area contributed by atoms with E-state index >= 15 is 0 Å². The topological polar surface area (TPSA) is 60.2 Å². The summed E-state index contributed by atoms with van der Waals surface area (Å²) in [4.78, 5) is 3.96. The minimum Gasteiger partial charge on any atom is -0.466 e. The molecule has 5 rings (SSSR count). The molecule has 5 nitrogen and oxygen atoms in total. The second-order valence-electron chi connectivity index (χ2n) is 9.82. The van der Waals surface area contributed by atoms with Crippen molar-refractivity contribution >= 4 is 0 Å². The average molecular weight is 492 g/mol.